The lowest BCUT2D eigenvalue weighted by Crippen LogP contribution is -2.32. The second-order valence-corrected chi connectivity index (χ2v) is 7.04. The van der Waals surface area contributed by atoms with Crippen LogP contribution in [-0.4, -0.2) is 27.5 Å². The molecule has 0 unspecified atom stereocenters. The van der Waals surface area contributed by atoms with E-state index in [2.05, 4.69) is 15.8 Å². The third kappa shape index (κ3) is 5.14. The van der Waals surface area contributed by atoms with E-state index in [0.29, 0.717) is 5.02 Å². The summed E-state index contributed by atoms with van der Waals surface area (Å²) in [7, 11) is 0. The van der Waals surface area contributed by atoms with Crippen molar-refractivity contribution in [3.05, 3.63) is 86.7 Å². The van der Waals surface area contributed by atoms with Crippen molar-refractivity contribution < 1.29 is 14.5 Å². The molecule has 2 N–H and O–H groups in total. The Morgan fingerprint density at radius 3 is 2.45 bits per heavy atom. The highest BCUT2D eigenvalue weighted by molar-refractivity contribution is 6.39. The first-order chi connectivity index (χ1) is 14.8. The summed E-state index contributed by atoms with van der Waals surface area (Å²) in [5.41, 5.74) is 5.78. The molecule has 2 amide bonds. The molecule has 158 valence electrons. The van der Waals surface area contributed by atoms with Gasteiger partial charge in [-0.05, 0) is 50.2 Å². The zero-order chi connectivity index (χ0) is 22.5. The predicted molar refractivity (Wildman–Crippen MR) is 118 cm³/mol. The number of halogens is 1. The second-order valence-electron chi connectivity index (χ2n) is 6.60. The molecule has 0 aliphatic carbocycles. The van der Waals surface area contributed by atoms with Crippen molar-refractivity contribution in [1.82, 2.24) is 9.99 Å². The molecule has 1 heterocycles. The summed E-state index contributed by atoms with van der Waals surface area (Å²) < 4.78 is 2.00. The van der Waals surface area contributed by atoms with Crippen LogP contribution in [-0.2, 0) is 9.59 Å². The summed E-state index contributed by atoms with van der Waals surface area (Å²) >= 11 is 6.08. The number of benzene rings is 2. The van der Waals surface area contributed by atoms with Gasteiger partial charge in [0.05, 0.1) is 11.1 Å². The molecule has 10 heteroatoms. The molecule has 3 rings (SSSR count). The van der Waals surface area contributed by atoms with Crippen LogP contribution in [0.2, 0.25) is 5.02 Å². The van der Waals surface area contributed by atoms with Gasteiger partial charge in [-0.1, -0.05) is 17.7 Å². The molecule has 2 aromatic carbocycles. The van der Waals surface area contributed by atoms with E-state index >= 15 is 0 Å². The fraction of sp³-hybridized carbons (Fsp3) is 0.0952. The van der Waals surface area contributed by atoms with E-state index in [0.717, 1.165) is 22.6 Å². The van der Waals surface area contributed by atoms with E-state index in [1.807, 2.05) is 42.7 Å². The van der Waals surface area contributed by atoms with Crippen LogP contribution in [0.4, 0.5) is 11.4 Å². The Kier molecular flexibility index (Phi) is 6.46. The quantitative estimate of drug-likeness (QED) is 0.272. The number of rotatable bonds is 5. The summed E-state index contributed by atoms with van der Waals surface area (Å²) in [6, 6.07) is 14.4. The SMILES string of the molecule is Cc1cc(/C=N/NC(=O)C(=O)Nc2ccc([N+](=O)[O-])cc2)c(C)n1-c1cccc(Cl)c1. The molecular weight excluding hydrogens is 422 g/mol. The lowest BCUT2D eigenvalue weighted by atomic mass is 10.2. The third-order valence-electron chi connectivity index (χ3n) is 4.45. The molecule has 9 nitrogen and oxygen atoms in total. The number of non-ortho nitro benzene ring substituents is 1. The normalized spacial score (nSPS) is 10.8. The first kappa shape index (κ1) is 21.7. The predicted octanol–water partition coefficient (Wildman–Crippen LogP) is 3.74. The van der Waals surface area contributed by atoms with Gasteiger partial charge in [0, 0.05) is 45.5 Å². The summed E-state index contributed by atoms with van der Waals surface area (Å²) in [6.45, 7) is 3.83. The van der Waals surface area contributed by atoms with E-state index in [9.17, 15) is 19.7 Å². The number of carbonyl (C=O) groups excluding carboxylic acids is 2. The van der Waals surface area contributed by atoms with Gasteiger partial charge < -0.3 is 9.88 Å². The van der Waals surface area contributed by atoms with Gasteiger partial charge in [-0.3, -0.25) is 19.7 Å². The van der Waals surface area contributed by atoms with Gasteiger partial charge in [0.15, 0.2) is 0 Å². The molecule has 3 aromatic rings. The smallest absolute Gasteiger partial charge is 0.318 e. The number of nitro benzene ring substituents is 1. The van der Waals surface area contributed by atoms with Crippen LogP contribution in [0, 0.1) is 24.0 Å². The van der Waals surface area contributed by atoms with Gasteiger partial charge >= 0.3 is 11.8 Å². The Bertz CT molecular complexity index is 1180. The maximum Gasteiger partial charge on any atom is 0.329 e. The molecule has 1 aromatic heterocycles. The van der Waals surface area contributed by atoms with Crippen LogP contribution < -0.4 is 10.7 Å². The van der Waals surface area contributed by atoms with Crippen LogP contribution >= 0.6 is 11.6 Å². The van der Waals surface area contributed by atoms with Crippen molar-refractivity contribution in [2.45, 2.75) is 13.8 Å². The summed E-state index contributed by atoms with van der Waals surface area (Å²) in [6.07, 6.45) is 1.44. The Hall–Kier alpha value is -3.98. The van der Waals surface area contributed by atoms with Crippen molar-refractivity contribution in [2.75, 3.05) is 5.32 Å². The van der Waals surface area contributed by atoms with Crippen molar-refractivity contribution in [3.63, 3.8) is 0 Å². The molecule has 0 saturated heterocycles. The van der Waals surface area contributed by atoms with Gasteiger partial charge in [0.25, 0.3) is 5.69 Å². The first-order valence-corrected chi connectivity index (χ1v) is 9.48. The molecule has 0 radical (unpaired) electrons. The van der Waals surface area contributed by atoms with Crippen LogP contribution in [0.1, 0.15) is 17.0 Å². The van der Waals surface area contributed by atoms with Gasteiger partial charge in [-0.15, -0.1) is 0 Å². The number of hydrazone groups is 1. The largest absolute Gasteiger partial charge is 0.329 e. The zero-order valence-electron chi connectivity index (χ0n) is 16.6. The molecule has 0 spiro atoms. The highest BCUT2D eigenvalue weighted by atomic mass is 35.5. The molecular formula is C21H18ClN5O4. The van der Waals surface area contributed by atoms with Gasteiger partial charge in [0.1, 0.15) is 0 Å². The van der Waals surface area contributed by atoms with Crippen molar-refractivity contribution >= 4 is 41.0 Å². The Labute approximate surface area is 182 Å². The lowest BCUT2D eigenvalue weighted by molar-refractivity contribution is -0.384. The van der Waals surface area contributed by atoms with Crippen LogP contribution in [0.3, 0.4) is 0 Å². The number of nitro groups is 1. The second kappa shape index (κ2) is 9.23. The van der Waals surface area contributed by atoms with E-state index in [1.165, 1.54) is 30.5 Å². The fourth-order valence-corrected chi connectivity index (χ4v) is 3.18. The highest BCUT2D eigenvalue weighted by Gasteiger charge is 2.14. The summed E-state index contributed by atoms with van der Waals surface area (Å²) in [5, 5.41) is 17.5. The number of nitrogens with one attached hydrogen (secondary N) is 2. The maximum atomic E-state index is 12.0. The van der Waals surface area contributed by atoms with Crippen LogP contribution in [0.25, 0.3) is 5.69 Å². The Morgan fingerprint density at radius 2 is 1.81 bits per heavy atom. The number of aromatic nitrogens is 1. The molecule has 0 fully saturated rings. The minimum absolute atomic E-state index is 0.123. The van der Waals surface area contributed by atoms with E-state index in [-0.39, 0.29) is 11.4 Å². The summed E-state index contributed by atoms with van der Waals surface area (Å²) in [5.74, 6) is -1.92. The number of anilines is 1. The lowest BCUT2D eigenvalue weighted by Gasteiger charge is -2.09. The van der Waals surface area contributed by atoms with Crippen molar-refractivity contribution in [1.29, 1.82) is 0 Å². The Balaban J connectivity index is 1.65. The van der Waals surface area contributed by atoms with Crippen LogP contribution in [0.15, 0.2) is 59.7 Å². The third-order valence-corrected chi connectivity index (χ3v) is 4.68. The monoisotopic (exact) mass is 439 g/mol. The molecule has 0 aliphatic rings. The highest BCUT2D eigenvalue weighted by Crippen LogP contribution is 2.22. The number of hydrogen-bond donors (Lipinski definition) is 2. The van der Waals surface area contributed by atoms with Crippen LogP contribution in [0.5, 0.6) is 0 Å². The molecule has 0 saturated carbocycles. The van der Waals surface area contributed by atoms with Crippen molar-refractivity contribution in [3.8, 4) is 5.69 Å². The zero-order valence-corrected chi connectivity index (χ0v) is 17.4. The molecule has 0 bridgehead atoms. The number of amides is 2. The molecule has 0 atom stereocenters. The average molecular weight is 440 g/mol. The minimum Gasteiger partial charge on any atom is -0.318 e. The van der Waals surface area contributed by atoms with Crippen molar-refractivity contribution in [2.24, 2.45) is 5.10 Å². The van der Waals surface area contributed by atoms with E-state index in [4.69, 9.17) is 11.6 Å². The topological polar surface area (TPSA) is 119 Å². The average Bonchev–Trinajstić information content (AvgIpc) is 3.01. The molecule has 0 aliphatic heterocycles. The number of aryl methyl sites for hydroxylation is 1. The molecule has 31 heavy (non-hydrogen) atoms. The standard InChI is InChI=1S/C21H18ClN5O4/c1-13-10-15(14(2)26(13)19-5-3-4-16(22)11-19)12-23-25-21(29)20(28)24-17-6-8-18(9-7-17)27(30)31/h3-12H,1-2H3,(H,24,28)(H,25,29)/b23-12+. The Morgan fingerprint density at radius 1 is 1.10 bits per heavy atom. The minimum atomic E-state index is -0.974. The van der Waals surface area contributed by atoms with E-state index in [1.54, 1.807) is 6.07 Å². The first-order valence-electron chi connectivity index (χ1n) is 9.10. The van der Waals surface area contributed by atoms with Gasteiger partial charge in [-0.25, -0.2) is 5.43 Å². The number of nitrogens with zero attached hydrogens (tertiary/aromatic N) is 3. The number of hydrogen-bond acceptors (Lipinski definition) is 5. The van der Waals surface area contributed by atoms with Gasteiger partial charge in [-0.2, -0.15) is 5.10 Å². The fourth-order valence-electron chi connectivity index (χ4n) is 3.00. The maximum absolute atomic E-state index is 12.0. The van der Waals surface area contributed by atoms with Gasteiger partial charge in [0.2, 0.25) is 0 Å². The van der Waals surface area contributed by atoms with E-state index < -0.39 is 16.7 Å². The summed E-state index contributed by atoms with van der Waals surface area (Å²) in [4.78, 5) is 34.0. The number of carbonyl (C=O) groups is 2.